The van der Waals surface area contributed by atoms with E-state index in [1.54, 1.807) is 0 Å². The fraction of sp³-hybridized carbons (Fsp3) is 0.417. The molecule has 0 spiro atoms. The number of rotatable bonds is 11. The molecule has 0 N–H and O–H groups in total. The number of benzene rings is 2. The van der Waals surface area contributed by atoms with Crippen LogP contribution in [0.3, 0.4) is 0 Å². The molecule has 46 heavy (non-hydrogen) atoms. The molecule has 0 unspecified atom stereocenters. The zero-order valence-electron chi connectivity index (χ0n) is 21.5. The van der Waals surface area contributed by atoms with Crippen LogP contribution in [-0.2, 0) is 0 Å². The molecule has 0 amide bonds. The molecule has 3 aromatic rings. The van der Waals surface area contributed by atoms with Gasteiger partial charge in [0, 0.05) is 5.56 Å². The van der Waals surface area contributed by atoms with E-state index in [1.165, 1.54) is 36.4 Å². The number of alkyl halides is 18. The lowest BCUT2D eigenvalue weighted by Crippen LogP contribution is -2.62. The average Bonchev–Trinajstić information content (AvgIpc) is 2.93. The third kappa shape index (κ3) is 6.25. The quantitative estimate of drug-likeness (QED) is 0.187. The minimum Gasteiger partial charge on any atom is -0.471 e. The fourth-order valence-electron chi connectivity index (χ4n) is 3.42. The number of halogens is 18. The van der Waals surface area contributed by atoms with E-state index < -0.39 is 78.7 Å². The van der Waals surface area contributed by atoms with Crippen molar-refractivity contribution in [2.75, 3.05) is 13.2 Å². The number of hydrogen-bond donors (Lipinski definition) is 0. The van der Waals surface area contributed by atoms with Crippen LogP contribution >= 0.6 is 0 Å². The summed E-state index contributed by atoms with van der Waals surface area (Å²) in [5.41, 5.74) is -0.241. The molecule has 256 valence electrons. The van der Waals surface area contributed by atoms with Crippen LogP contribution in [0.5, 0.6) is 11.8 Å². The Labute approximate surface area is 242 Å². The van der Waals surface area contributed by atoms with Gasteiger partial charge < -0.3 is 9.47 Å². The van der Waals surface area contributed by atoms with E-state index in [1.807, 2.05) is 0 Å². The molecule has 1 aromatic heterocycles. The predicted octanol–water partition coefficient (Wildman–Crippen LogP) is 8.99. The summed E-state index contributed by atoms with van der Waals surface area (Å²) in [5, 5.41) is 0.454. The topological polar surface area (TPSA) is 44.2 Å². The maximum absolute atomic E-state index is 14.0. The van der Waals surface area contributed by atoms with Crippen molar-refractivity contribution < 1.29 is 88.5 Å². The molecule has 0 saturated heterocycles. The summed E-state index contributed by atoms with van der Waals surface area (Å²) in [5.74, 6) is -45.8. The standard InChI is InChI=1S/C24H12F18N2O2/c25-17(26,19(29,30)21(33,34)23(37,38)39)9-45-14-8-15(46-10-18(27,28)20(31,32)22(35,36)24(40,41)42)44-16(43-14)13-7-3-5-11-4-1-2-6-12(11)13/h1-8H,9-10H2. The molecule has 1 heterocycles. The highest BCUT2D eigenvalue weighted by atomic mass is 19.4. The van der Waals surface area contributed by atoms with Gasteiger partial charge in [0.05, 0.1) is 6.07 Å². The van der Waals surface area contributed by atoms with Gasteiger partial charge in [0.1, 0.15) is 0 Å². The largest absolute Gasteiger partial charge is 0.471 e. The van der Waals surface area contributed by atoms with E-state index >= 15 is 0 Å². The van der Waals surface area contributed by atoms with Crippen LogP contribution in [0.4, 0.5) is 79.0 Å². The molecule has 3 rings (SSSR count). The van der Waals surface area contributed by atoms with Crippen molar-refractivity contribution in [3.05, 3.63) is 48.5 Å². The van der Waals surface area contributed by atoms with E-state index in [0.29, 0.717) is 5.39 Å². The van der Waals surface area contributed by atoms with Crippen LogP contribution in [-0.4, -0.2) is 71.1 Å². The number of nitrogens with zero attached hydrogens (tertiary/aromatic N) is 2. The van der Waals surface area contributed by atoms with E-state index in [4.69, 9.17) is 0 Å². The van der Waals surface area contributed by atoms with Crippen LogP contribution < -0.4 is 9.47 Å². The highest BCUT2D eigenvalue weighted by molar-refractivity contribution is 5.95. The molecule has 0 aliphatic carbocycles. The van der Waals surface area contributed by atoms with Crippen molar-refractivity contribution in [2.45, 2.75) is 47.9 Å². The summed E-state index contributed by atoms with van der Waals surface area (Å²) in [4.78, 5) is 6.82. The Kier molecular flexibility index (Phi) is 9.09. The Morgan fingerprint density at radius 1 is 0.478 bits per heavy atom. The molecule has 22 heteroatoms. The highest BCUT2D eigenvalue weighted by Crippen LogP contribution is 2.54. The average molecular weight is 702 g/mol. The van der Waals surface area contributed by atoms with Crippen molar-refractivity contribution in [1.29, 1.82) is 0 Å². The summed E-state index contributed by atoms with van der Waals surface area (Å²) in [6.45, 7) is -6.08. The van der Waals surface area contributed by atoms with Gasteiger partial charge in [-0.15, -0.1) is 0 Å². The lowest BCUT2D eigenvalue weighted by Gasteiger charge is -2.33. The zero-order chi connectivity index (χ0) is 35.4. The second-order valence-corrected chi connectivity index (χ2v) is 9.17. The van der Waals surface area contributed by atoms with Gasteiger partial charge in [-0.3, -0.25) is 0 Å². The summed E-state index contributed by atoms with van der Waals surface area (Å²) in [6.07, 6.45) is -14.4. The van der Waals surface area contributed by atoms with Gasteiger partial charge in [0.25, 0.3) is 0 Å². The molecule has 0 fully saturated rings. The lowest BCUT2D eigenvalue weighted by atomic mass is 10.0. The van der Waals surface area contributed by atoms with Crippen molar-refractivity contribution in [3.8, 4) is 23.1 Å². The van der Waals surface area contributed by atoms with Crippen LogP contribution in [0.1, 0.15) is 0 Å². The lowest BCUT2D eigenvalue weighted by molar-refractivity contribution is -0.398. The van der Waals surface area contributed by atoms with Crippen LogP contribution in [0.2, 0.25) is 0 Å². The molecule has 0 aliphatic heterocycles. The van der Waals surface area contributed by atoms with E-state index in [-0.39, 0.29) is 17.0 Å². The summed E-state index contributed by atoms with van der Waals surface area (Å²) in [6, 6.07) is 9.27. The monoisotopic (exact) mass is 702 g/mol. The van der Waals surface area contributed by atoms with Crippen LogP contribution in [0.15, 0.2) is 48.5 Å². The molecule has 0 bridgehead atoms. The van der Waals surface area contributed by atoms with Crippen molar-refractivity contribution in [1.82, 2.24) is 9.97 Å². The Morgan fingerprint density at radius 3 is 1.28 bits per heavy atom. The first-order chi connectivity index (χ1) is 20.6. The summed E-state index contributed by atoms with van der Waals surface area (Å²) in [7, 11) is 0. The SMILES string of the molecule is FC(F)(F)C(F)(F)C(F)(F)C(F)(F)COc1cc(OCC(F)(F)C(F)(F)C(F)(F)C(F)(F)F)nc(-c2cccc3ccccc23)n1. The second kappa shape index (κ2) is 11.4. The minimum atomic E-state index is -7.34. The van der Waals surface area contributed by atoms with Crippen molar-refractivity contribution >= 4 is 10.8 Å². The summed E-state index contributed by atoms with van der Waals surface area (Å²) < 4.78 is 246. The first kappa shape index (κ1) is 36.6. The molecule has 2 aromatic carbocycles. The Bertz CT molecular complexity index is 1470. The Balaban J connectivity index is 2.05. The van der Waals surface area contributed by atoms with Crippen molar-refractivity contribution in [2.24, 2.45) is 0 Å². The first-order valence-electron chi connectivity index (χ1n) is 11.6. The molecular formula is C24H12F18N2O2. The number of ether oxygens (including phenoxy) is 2. The zero-order valence-corrected chi connectivity index (χ0v) is 21.5. The van der Waals surface area contributed by atoms with E-state index in [0.717, 1.165) is 6.07 Å². The van der Waals surface area contributed by atoms with Crippen LogP contribution in [0.25, 0.3) is 22.2 Å². The first-order valence-corrected chi connectivity index (χ1v) is 11.6. The van der Waals surface area contributed by atoms with E-state index in [2.05, 4.69) is 19.4 Å². The molecule has 0 atom stereocenters. The molecule has 0 aliphatic rings. The van der Waals surface area contributed by atoms with Gasteiger partial charge in [-0.25, -0.2) is 0 Å². The van der Waals surface area contributed by atoms with Crippen LogP contribution in [0, 0.1) is 0 Å². The molecule has 0 radical (unpaired) electrons. The van der Waals surface area contributed by atoms with Gasteiger partial charge >= 0.3 is 47.9 Å². The van der Waals surface area contributed by atoms with Gasteiger partial charge in [-0.1, -0.05) is 42.5 Å². The molecule has 0 saturated carbocycles. The maximum atomic E-state index is 14.0. The Morgan fingerprint density at radius 2 is 0.870 bits per heavy atom. The van der Waals surface area contributed by atoms with Gasteiger partial charge in [0.2, 0.25) is 11.8 Å². The van der Waals surface area contributed by atoms with E-state index in [9.17, 15) is 79.0 Å². The fourth-order valence-corrected chi connectivity index (χ4v) is 3.42. The number of aromatic nitrogens is 2. The van der Waals surface area contributed by atoms with Gasteiger partial charge in [-0.05, 0) is 10.8 Å². The normalized spacial score (nSPS) is 14.5. The maximum Gasteiger partial charge on any atom is 0.460 e. The molecular weight excluding hydrogens is 690 g/mol. The van der Waals surface area contributed by atoms with Crippen molar-refractivity contribution in [3.63, 3.8) is 0 Å². The Hall–Kier alpha value is -3.88. The third-order valence-electron chi connectivity index (χ3n) is 5.93. The predicted molar refractivity (Wildman–Crippen MR) is 118 cm³/mol. The van der Waals surface area contributed by atoms with Gasteiger partial charge in [0.15, 0.2) is 19.0 Å². The smallest absolute Gasteiger partial charge is 0.460 e. The molecule has 4 nitrogen and oxygen atoms in total. The third-order valence-corrected chi connectivity index (χ3v) is 5.93. The highest BCUT2D eigenvalue weighted by Gasteiger charge is 2.83. The minimum absolute atomic E-state index is 0.0964. The summed E-state index contributed by atoms with van der Waals surface area (Å²) >= 11 is 0. The number of fused-ring (bicyclic) bond motifs is 1. The number of hydrogen-bond acceptors (Lipinski definition) is 4. The second-order valence-electron chi connectivity index (χ2n) is 9.17. The van der Waals surface area contributed by atoms with Gasteiger partial charge in [-0.2, -0.15) is 89.0 Å².